The number of nitrogens with two attached hydrogens (primary N) is 1. The molecular formula is C15H22N4S. The molecule has 0 bridgehead atoms. The van der Waals surface area contributed by atoms with Crippen LogP contribution in [0, 0.1) is 0 Å². The fourth-order valence-electron chi connectivity index (χ4n) is 2.96. The van der Waals surface area contributed by atoms with Gasteiger partial charge in [-0.05, 0) is 42.2 Å². The highest BCUT2D eigenvalue weighted by atomic mass is 32.1. The maximum absolute atomic E-state index is 6.27. The Morgan fingerprint density at radius 1 is 1.50 bits per heavy atom. The normalized spacial score (nSPS) is 18.3. The fourth-order valence-corrected chi connectivity index (χ4v) is 3.95. The molecule has 0 fully saturated rings. The lowest BCUT2D eigenvalue weighted by Crippen LogP contribution is -2.18. The summed E-state index contributed by atoms with van der Waals surface area (Å²) in [6.07, 6.45) is 3.61. The first kappa shape index (κ1) is 13.5. The highest BCUT2D eigenvalue weighted by Gasteiger charge is 2.24. The number of nitrogens with zero attached hydrogens (tertiary/aromatic N) is 2. The van der Waals surface area contributed by atoms with Gasteiger partial charge in [0.25, 0.3) is 0 Å². The first-order valence-electron chi connectivity index (χ1n) is 7.23. The van der Waals surface area contributed by atoms with Crippen molar-refractivity contribution >= 4 is 22.8 Å². The average Bonchev–Trinajstić information content (AvgIpc) is 2.98. The molecule has 0 spiro atoms. The van der Waals surface area contributed by atoms with E-state index in [9.17, 15) is 0 Å². The van der Waals surface area contributed by atoms with Crippen LogP contribution in [0.3, 0.4) is 0 Å². The van der Waals surface area contributed by atoms with Crippen LogP contribution in [-0.2, 0) is 13.5 Å². The van der Waals surface area contributed by atoms with Crippen molar-refractivity contribution in [2.45, 2.75) is 45.1 Å². The molecule has 0 saturated heterocycles. The Hall–Kier alpha value is -1.49. The summed E-state index contributed by atoms with van der Waals surface area (Å²) in [4.78, 5) is 1.51. The van der Waals surface area contributed by atoms with Crippen LogP contribution in [0.5, 0.6) is 0 Å². The number of nitrogens with one attached hydrogen (secondary N) is 1. The summed E-state index contributed by atoms with van der Waals surface area (Å²) in [6.45, 7) is 4.25. The lowest BCUT2D eigenvalue weighted by Gasteiger charge is -2.24. The highest BCUT2D eigenvalue weighted by Crippen LogP contribution is 2.37. The maximum Gasteiger partial charge on any atom is 0.148 e. The predicted molar refractivity (Wildman–Crippen MR) is 85.3 cm³/mol. The van der Waals surface area contributed by atoms with Gasteiger partial charge in [0, 0.05) is 11.9 Å². The number of aryl methyl sites for hydroxylation is 2. The van der Waals surface area contributed by atoms with Crippen LogP contribution in [0.15, 0.2) is 11.4 Å². The molecule has 0 radical (unpaired) electrons. The molecular weight excluding hydrogens is 268 g/mol. The van der Waals surface area contributed by atoms with Crippen molar-refractivity contribution in [2.75, 3.05) is 11.1 Å². The van der Waals surface area contributed by atoms with Crippen LogP contribution in [0.4, 0.5) is 11.5 Å². The Morgan fingerprint density at radius 3 is 3.00 bits per heavy atom. The van der Waals surface area contributed by atoms with E-state index in [0.29, 0.717) is 12.0 Å². The zero-order chi connectivity index (χ0) is 14.3. The van der Waals surface area contributed by atoms with Gasteiger partial charge >= 0.3 is 0 Å². The molecule has 108 valence electrons. The van der Waals surface area contributed by atoms with Gasteiger partial charge in [-0.15, -0.1) is 11.3 Å². The SMILES string of the molecule is CC(C)c1nn(C)c(NC2CCCc3sccc32)c1N. The van der Waals surface area contributed by atoms with Gasteiger partial charge in [0.15, 0.2) is 0 Å². The van der Waals surface area contributed by atoms with Crippen molar-refractivity contribution in [1.29, 1.82) is 0 Å². The molecule has 2 heterocycles. The molecule has 4 nitrogen and oxygen atoms in total. The number of thiophene rings is 1. The van der Waals surface area contributed by atoms with Crippen LogP contribution < -0.4 is 11.1 Å². The molecule has 2 aromatic heterocycles. The quantitative estimate of drug-likeness (QED) is 0.906. The van der Waals surface area contributed by atoms with Gasteiger partial charge in [-0.25, -0.2) is 0 Å². The van der Waals surface area contributed by atoms with Crippen molar-refractivity contribution in [3.63, 3.8) is 0 Å². The van der Waals surface area contributed by atoms with Gasteiger partial charge in [0.2, 0.25) is 0 Å². The van der Waals surface area contributed by atoms with Crippen LogP contribution >= 0.6 is 11.3 Å². The van der Waals surface area contributed by atoms with Gasteiger partial charge in [-0.3, -0.25) is 4.68 Å². The third kappa shape index (κ3) is 2.20. The monoisotopic (exact) mass is 290 g/mol. The second-order valence-electron chi connectivity index (χ2n) is 5.81. The fraction of sp³-hybridized carbons (Fsp3) is 0.533. The van der Waals surface area contributed by atoms with Crippen molar-refractivity contribution in [3.8, 4) is 0 Å². The van der Waals surface area contributed by atoms with E-state index in [0.717, 1.165) is 23.6 Å². The third-order valence-electron chi connectivity index (χ3n) is 4.02. The number of fused-ring (bicyclic) bond motifs is 1. The molecule has 0 aromatic carbocycles. The third-order valence-corrected chi connectivity index (χ3v) is 5.02. The van der Waals surface area contributed by atoms with Crippen LogP contribution in [-0.4, -0.2) is 9.78 Å². The van der Waals surface area contributed by atoms with Crippen LogP contribution in [0.1, 0.15) is 54.8 Å². The smallest absolute Gasteiger partial charge is 0.148 e. The molecule has 2 aromatic rings. The van der Waals surface area contributed by atoms with E-state index in [2.05, 4.69) is 35.7 Å². The number of anilines is 2. The van der Waals surface area contributed by atoms with E-state index >= 15 is 0 Å². The minimum Gasteiger partial charge on any atom is -0.394 e. The highest BCUT2D eigenvalue weighted by molar-refractivity contribution is 7.10. The van der Waals surface area contributed by atoms with E-state index < -0.39 is 0 Å². The molecule has 1 aliphatic rings. The van der Waals surface area contributed by atoms with Crippen molar-refractivity contribution < 1.29 is 0 Å². The summed E-state index contributed by atoms with van der Waals surface area (Å²) in [5, 5.41) is 10.4. The second-order valence-corrected chi connectivity index (χ2v) is 6.81. The zero-order valence-corrected chi connectivity index (χ0v) is 13.1. The minimum atomic E-state index is 0.347. The standard InChI is InChI=1S/C15H22N4S/c1-9(2)14-13(16)15(19(3)18-14)17-11-5-4-6-12-10(11)7-8-20-12/h7-9,11,17H,4-6,16H2,1-3H3. The summed E-state index contributed by atoms with van der Waals surface area (Å²) in [7, 11) is 1.96. The number of hydrogen-bond donors (Lipinski definition) is 2. The lowest BCUT2D eigenvalue weighted by molar-refractivity contribution is 0.600. The topological polar surface area (TPSA) is 55.9 Å². The van der Waals surface area contributed by atoms with E-state index in [-0.39, 0.29) is 0 Å². The van der Waals surface area contributed by atoms with E-state index in [1.165, 1.54) is 23.3 Å². The number of nitrogen functional groups attached to an aromatic ring is 1. The Morgan fingerprint density at radius 2 is 2.30 bits per heavy atom. The van der Waals surface area contributed by atoms with Gasteiger partial charge in [-0.2, -0.15) is 5.10 Å². The Kier molecular flexibility index (Phi) is 3.46. The van der Waals surface area contributed by atoms with Crippen molar-refractivity contribution in [3.05, 3.63) is 27.6 Å². The van der Waals surface area contributed by atoms with Gasteiger partial charge in [-0.1, -0.05) is 13.8 Å². The van der Waals surface area contributed by atoms with Gasteiger partial charge in [0.05, 0.1) is 17.4 Å². The molecule has 1 atom stereocenters. The van der Waals surface area contributed by atoms with E-state index in [1.807, 2.05) is 23.1 Å². The minimum absolute atomic E-state index is 0.347. The molecule has 3 rings (SSSR count). The number of rotatable bonds is 3. The van der Waals surface area contributed by atoms with Gasteiger partial charge in [0.1, 0.15) is 5.82 Å². The molecule has 20 heavy (non-hydrogen) atoms. The second kappa shape index (κ2) is 5.13. The van der Waals surface area contributed by atoms with Crippen molar-refractivity contribution in [1.82, 2.24) is 9.78 Å². The summed E-state index contributed by atoms with van der Waals surface area (Å²) in [5.41, 5.74) is 9.49. The number of hydrogen-bond acceptors (Lipinski definition) is 4. The molecule has 0 amide bonds. The predicted octanol–water partition coefficient (Wildman–Crippen LogP) is 3.68. The average molecular weight is 290 g/mol. The zero-order valence-electron chi connectivity index (χ0n) is 12.3. The molecule has 1 unspecified atom stereocenters. The molecule has 5 heteroatoms. The number of aromatic nitrogens is 2. The Labute approximate surface area is 124 Å². The van der Waals surface area contributed by atoms with Crippen molar-refractivity contribution in [2.24, 2.45) is 7.05 Å². The first-order chi connectivity index (χ1) is 9.58. The lowest BCUT2D eigenvalue weighted by atomic mass is 9.94. The first-order valence-corrected chi connectivity index (χ1v) is 8.11. The Balaban J connectivity index is 1.90. The molecule has 0 aliphatic heterocycles. The van der Waals surface area contributed by atoms with Crippen LogP contribution in [0.2, 0.25) is 0 Å². The molecule has 0 saturated carbocycles. The largest absolute Gasteiger partial charge is 0.394 e. The van der Waals surface area contributed by atoms with E-state index in [1.54, 1.807) is 0 Å². The van der Waals surface area contributed by atoms with E-state index in [4.69, 9.17) is 5.73 Å². The van der Waals surface area contributed by atoms with Gasteiger partial charge < -0.3 is 11.1 Å². The maximum atomic E-state index is 6.27. The molecule has 1 aliphatic carbocycles. The molecule has 3 N–H and O–H groups in total. The summed E-state index contributed by atoms with van der Waals surface area (Å²) < 4.78 is 1.88. The summed E-state index contributed by atoms with van der Waals surface area (Å²) >= 11 is 1.86. The summed E-state index contributed by atoms with van der Waals surface area (Å²) in [5.74, 6) is 1.30. The Bertz CT molecular complexity index is 611. The summed E-state index contributed by atoms with van der Waals surface area (Å²) in [6, 6.07) is 2.61. The van der Waals surface area contributed by atoms with Crippen LogP contribution in [0.25, 0.3) is 0 Å².